The summed E-state index contributed by atoms with van der Waals surface area (Å²) >= 11 is 0. The molecule has 15 nitrogen and oxygen atoms in total. The van der Waals surface area contributed by atoms with Crippen molar-refractivity contribution in [3.8, 4) is 0 Å². The highest BCUT2D eigenvalue weighted by Crippen LogP contribution is 2.27. The van der Waals surface area contributed by atoms with E-state index >= 15 is 0 Å². The van der Waals surface area contributed by atoms with Gasteiger partial charge in [-0.1, -0.05) is 186 Å². The largest absolute Gasteiger partial charge is 0.462 e. The van der Waals surface area contributed by atoms with Gasteiger partial charge < -0.3 is 64.2 Å². The molecule has 0 bridgehead atoms. The van der Waals surface area contributed by atoms with E-state index < -0.39 is 92.7 Å². The van der Waals surface area contributed by atoms with E-state index in [1.165, 1.54) is 116 Å². The summed E-state index contributed by atoms with van der Waals surface area (Å²) in [6.45, 7) is 2.58. The lowest BCUT2D eigenvalue weighted by Gasteiger charge is -2.42. The van der Waals surface area contributed by atoms with Crippen molar-refractivity contribution in [2.75, 3.05) is 26.4 Å². The topological polar surface area (TPSA) is 231 Å². The maximum absolute atomic E-state index is 13.0. The second kappa shape index (κ2) is 41.5. The van der Waals surface area contributed by atoms with E-state index in [0.717, 1.165) is 57.8 Å². The number of aliphatic hydroxyl groups is 7. The summed E-state index contributed by atoms with van der Waals surface area (Å²) in [4.78, 5) is 25.8. The summed E-state index contributed by atoms with van der Waals surface area (Å²) in [5, 5.41) is 72.1. The van der Waals surface area contributed by atoms with Gasteiger partial charge in [0.2, 0.25) is 0 Å². The van der Waals surface area contributed by atoms with Gasteiger partial charge in [0, 0.05) is 12.8 Å². The lowest BCUT2D eigenvalue weighted by Crippen LogP contribution is -2.61. The van der Waals surface area contributed by atoms with Crippen molar-refractivity contribution >= 4 is 11.9 Å². The molecule has 69 heavy (non-hydrogen) atoms. The first-order valence-corrected chi connectivity index (χ1v) is 27.4. The molecule has 0 radical (unpaired) electrons. The minimum absolute atomic E-state index is 0.150. The minimum Gasteiger partial charge on any atom is -0.462 e. The van der Waals surface area contributed by atoms with E-state index in [0.29, 0.717) is 12.8 Å². The maximum Gasteiger partial charge on any atom is 0.306 e. The maximum atomic E-state index is 13.0. The average Bonchev–Trinajstić information content (AvgIpc) is 3.34. The Morgan fingerprint density at radius 3 is 1.33 bits per heavy atom. The molecule has 11 atom stereocenters. The van der Waals surface area contributed by atoms with Gasteiger partial charge in [-0.05, 0) is 38.5 Å². The molecule has 2 fully saturated rings. The summed E-state index contributed by atoms with van der Waals surface area (Å²) in [5.41, 5.74) is 0. The van der Waals surface area contributed by atoms with Crippen LogP contribution in [0.4, 0.5) is 0 Å². The minimum atomic E-state index is -1.77. The molecule has 15 heteroatoms. The van der Waals surface area contributed by atoms with Gasteiger partial charge in [0.25, 0.3) is 0 Å². The van der Waals surface area contributed by atoms with Crippen LogP contribution in [-0.2, 0) is 38.0 Å². The number of aliphatic hydroxyl groups excluding tert-OH is 7. The Labute approximate surface area is 415 Å². The zero-order valence-corrected chi connectivity index (χ0v) is 42.8. The number of unbranched alkanes of at least 4 members (excludes halogenated alkanes) is 26. The number of carbonyl (C=O) groups excluding carboxylic acids is 2. The highest BCUT2D eigenvalue weighted by atomic mass is 16.7. The van der Waals surface area contributed by atoms with E-state index in [9.17, 15) is 45.3 Å². The lowest BCUT2D eigenvalue weighted by molar-refractivity contribution is -0.332. The van der Waals surface area contributed by atoms with Crippen LogP contribution in [0.2, 0.25) is 0 Å². The second-order valence-corrected chi connectivity index (χ2v) is 19.4. The molecule has 0 spiro atoms. The Hall–Kier alpha value is -2.02. The number of rotatable bonds is 43. The zero-order valence-electron chi connectivity index (χ0n) is 42.8. The van der Waals surface area contributed by atoms with E-state index in [2.05, 4.69) is 38.2 Å². The highest BCUT2D eigenvalue weighted by molar-refractivity contribution is 5.70. The summed E-state index contributed by atoms with van der Waals surface area (Å²) in [6, 6.07) is 0. The monoisotopic (exact) mass is 987 g/mol. The number of ether oxygens (including phenoxy) is 6. The van der Waals surface area contributed by atoms with Crippen LogP contribution in [0.25, 0.3) is 0 Å². The normalized spacial score (nSPS) is 25.7. The molecule has 2 rings (SSSR count). The SMILES string of the molecule is CCCCCC/C=C/C=C/CCCCCCCC(=O)O[C@@H](COC(=O)CCCCCCCCCCCCCCCCCCCC)CO[C@@H]1O[C@H](CO[C@@H]2O[C@H](CO)[C@H](O)C(O)C2O)[C@H](O)C(O)C1O. The summed E-state index contributed by atoms with van der Waals surface area (Å²) in [5.74, 6) is -0.933. The summed E-state index contributed by atoms with van der Waals surface area (Å²) < 4.78 is 33.6. The van der Waals surface area contributed by atoms with Crippen LogP contribution in [-0.4, -0.2) is 142 Å². The number of allylic oxidation sites excluding steroid dienone is 4. The van der Waals surface area contributed by atoms with Crippen LogP contribution >= 0.6 is 0 Å². The number of esters is 2. The quantitative estimate of drug-likeness (QED) is 0.0173. The molecule has 4 unspecified atom stereocenters. The van der Waals surface area contributed by atoms with Crippen LogP contribution in [0.1, 0.15) is 213 Å². The molecule has 2 aliphatic heterocycles. The van der Waals surface area contributed by atoms with Crippen molar-refractivity contribution in [3.05, 3.63) is 24.3 Å². The summed E-state index contributed by atoms with van der Waals surface area (Å²) in [7, 11) is 0. The van der Waals surface area contributed by atoms with E-state index in [1.807, 2.05) is 0 Å². The fourth-order valence-corrected chi connectivity index (χ4v) is 8.68. The van der Waals surface area contributed by atoms with Gasteiger partial charge in [0.15, 0.2) is 18.7 Å². The Kier molecular flexibility index (Phi) is 37.9. The standard InChI is InChI=1S/C54H98O15/c1-3-5-7-9-11-13-15-17-19-20-21-23-24-26-28-30-32-34-36-45(56)64-39-42(67-46(57)37-35-33-31-29-27-25-22-18-16-14-12-10-8-6-4-2)40-65-53-52(63)50(61)48(59)44(69-53)41-66-54-51(62)49(60)47(58)43(38-55)68-54/h14,16,18,22,42-44,47-55,58-63H,3-13,15,17,19-21,23-41H2,1-2H3/b16-14+,22-18+/t42-,43+,44+,47-,48-,49?,50?,51?,52?,53+,54+/m0/s1. The number of hydrogen-bond donors (Lipinski definition) is 7. The highest BCUT2D eigenvalue weighted by Gasteiger charge is 2.47. The predicted octanol–water partition coefficient (Wildman–Crippen LogP) is 8.33. The molecule has 2 heterocycles. The molecule has 404 valence electrons. The molecule has 0 aromatic heterocycles. The first-order chi connectivity index (χ1) is 33.5. The van der Waals surface area contributed by atoms with Gasteiger partial charge in [0.1, 0.15) is 55.4 Å². The Balaban J connectivity index is 1.78. The predicted molar refractivity (Wildman–Crippen MR) is 266 cm³/mol. The molecule has 2 saturated heterocycles. The fraction of sp³-hybridized carbons (Fsp3) is 0.889. The van der Waals surface area contributed by atoms with Crippen molar-refractivity contribution < 1.29 is 73.8 Å². The third-order valence-corrected chi connectivity index (χ3v) is 13.2. The molecule has 0 saturated carbocycles. The first-order valence-electron chi connectivity index (χ1n) is 27.4. The molecule has 0 amide bonds. The Morgan fingerprint density at radius 2 is 0.855 bits per heavy atom. The second-order valence-electron chi connectivity index (χ2n) is 19.4. The van der Waals surface area contributed by atoms with Gasteiger partial charge in [-0.3, -0.25) is 9.59 Å². The van der Waals surface area contributed by atoms with Crippen molar-refractivity contribution in [2.24, 2.45) is 0 Å². The molecule has 7 N–H and O–H groups in total. The number of hydrogen-bond acceptors (Lipinski definition) is 15. The van der Waals surface area contributed by atoms with Gasteiger partial charge in [-0.2, -0.15) is 0 Å². The molecular formula is C54H98O15. The lowest BCUT2D eigenvalue weighted by atomic mass is 9.98. The molecule has 0 aromatic carbocycles. The van der Waals surface area contributed by atoms with Crippen molar-refractivity contribution in [1.29, 1.82) is 0 Å². The van der Waals surface area contributed by atoms with E-state index in [-0.39, 0.29) is 26.1 Å². The van der Waals surface area contributed by atoms with Gasteiger partial charge in [-0.25, -0.2) is 0 Å². The third kappa shape index (κ3) is 29.3. The first kappa shape index (κ1) is 63.1. The Morgan fingerprint density at radius 1 is 0.464 bits per heavy atom. The Bertz CT molecular complexity index is 1300. The third-order valence-electron chi connectivity index (χ3n) is 13.2. The smallest absolute Gasteiger partial charge is 0.306 e. The zero-order chi connectivity index (χ0) is 50.3. The van der Waals surface area contributed by atoms with Crippen LogP contribution in [0.3, 0.4) is 0 Å². The van der Waals surface area contributed by atoms with Crippen LogP contribution in [0, 0.1) is 0 Å². The van der Waals surface area contributed by atoms with Gasteiger partial charge in [0.05, 0.1) is 19.8 Å². The number of carbonyl (C=O) groups is 2. The van der Waals surface area contributed by atoms with Crippen LogP contribution in [0.15, 0.2) is 24.3 Å². The van der Waals surface area contributed by atoms with Gasteiger partial charge >= 0.3 is 11.9 Å². The van der Waals surface area contributed by atoms with E-state index in [4.69, 9.17) is 28.4 Å². The molecular weight excluding hydrogens is 889 g/mol. The molecule has 0 aromatic rings. The van der Waals surface area contributed by atoms with Crippen LogP contribution < -0.4 is 0 Å². The summed E-state index contributed by atoms with van der Waals surface area (Å²) in [6.07, 6.45) is 26.3. The van der Waals surface area contributed by atoms with Crippen LogP contribution in [0.5, 0.6) is 0 Å². The fourth-order valence-electron chi connectivity index (χ4n) is 8.68. The molecule has 2 aliphatic rings. The molecule has 0 aliphatic carbocycles. The van der Waals surface area contributed by atoms with Crippen molar-refractivity contribution in [2.45, 2.75) is 280 Å². The van der Waals surface area contributed by atoms with E-state index in [1.54, 1.807) is 0 Å². The van der Waals surface area contributed by atoms with Crippen molar-refractivity contribution in [3.63, 3.8) is 0 Å². The van der Waals surface area contributed by atoms with Gasteiger partial charge in [-0.15, -0.1) is 0 Å². The van der Waals surface area contributed by atoms with Crippen molar-refractivity contribution in [1.82, 2.24) is 0 Å². The average molecular weight is 987 g/mol.